The van der Waals surface area contributed by atoms with Gasteiger partial charge in [0.1, 0.15) is 6.26 Å². The van der Waals surface area contributed by atoms with Crippen molar-refractivity contribution in [1.29, 1.82) is 0 Å². The van der Waals surface area contributed by atoms with Crippen LogP contribution >= 0.6 is 0 Å². The third-order valence-electron chi connectivity index (χ3n) is 4.09. The predicted octanol–water partition coefficient (Wildman–Crippen LogP) is 2.66. The van der Waals surface area contributed by atoms with E-state index in [9.17, 15) is 9.90 Å². The molecule has 0 aliphatic carbocycles. The summed E-state index contributed by atoms with van der Waals surface area (Å²) in [5.41, 5.74) is 0.908. The van der Waals surface area contributed by atoms with Crippen LogP contribution in [0.1, 0.15) is 52.1 Å². The Morgan fingerprint density at radius 3 is 2.80 bits per heavy atom. The van der Waals surface area contributed by atoms with Crippen molar-refractivity contribution in [3.05, 3.63) is 17.8 Å². The Hall–Kier alpha value is -1.36. The van der Waals surface area contributed by atoms with E-state index in [-0.39, 0.29) is 17.4 Å². The average molecular weight is 280 g/mol. The number of aliphatic carboxylic acids is 1. The Morgan fingerprint density at radius 1 is 1.55 bits per heavy atom. The SMILES string of the molecule is C[C@@H]1[C@H](C(=O)O)CCCN1Cc1nc(C(C)(C)C)co1. The highest BCUT2D eigenvalue weighted by Crippen LogP contribution is 2.26. The number of likely N-dealkylation sites (tertiary alicyclic amines) is 1. The average Bonchev–Trinajstić information content (AvgIpc) is 2.80. The van der Waals surface area contributed by atoms with Crippen molar-refractivity contribution >= 4 is 5.97 Å². The van der Waals surface area contributed by atoms with Crippen LogP contribution in [0.25, 0.3) is 0 Å². The number of carboxylic acids is 1. The zero-order valence-corrected chi connectivity index (χ0v) is 12.7. The molecule has 0 aromatic carbocycles. The van der Waals surface area contributed by atoms with Crippen molar-refractivity contribution in [2.75, 3.05) is 6.54 Å². The lowest BCUT2D eigenvalue weighted by Gasteiger charge is -2.36. The lowest BCUT2D eigenvalue weighted by Crippen LogP contribution is -2.45. The molecule has 0 saturated carbocycles. The first-order valence-corrected chi connectivity index (χ1v) is 7.21. The van der Waals surface area contributed by atoms with Crippen molar-refractivity contribution in [1.82, 2.24) is 9.88 Å². The van der Waals surface area contributed by atoms with Gasteiger partial charge in [0.25, 0.3) is 0 Å². The molecule has 2 heterocycles. The van der Waals surface area contributed by atoms with Gasteiger partial charge >= 0.3 is 5.97 Å². The number of aromatic nitrogens is 1. The summed E-state index contributed by atoms with van der Waals surface area (Å²) in [6.07, 6.45) is 3.37. The normalized spacial score (nSPS) is 24.8. The zero-order valence-electron chi connectivity index (χ0n) is 12.7. The Bertz CT molecular complexity index is 476. The number of oxazole rings is 1. The van der Waals surface area contributed by atoms with E-state index < -0.39 is 5.97 Å². The maximum absolute atomic E-state index is 11.2. The molecule has 5 nitrogen and oxygen atoms in total. The maximum Gasteiger partial charge on any atom is 0.308 e. The van der Waals surface area contributed by atoms with Crippen LogP contribution in [-0.2, 0) is 16.8 Å². The molecule has 0 bridgehead atoms. The summed E-state index contributed by atoms with van der Waals surface area (Å²) in [6.45, 7) is 9.75. The molecule has 112 valence electrons. The molecule has 1 aromatic rings. The Balaban J connectivity index is 2.06. The van der Waals surface area contributed by atoms with Crippen molar-refractivity contribution < 1.29 is 14.3 Å². The van der Waals surface area contributed by atoms with E-state index in [2.05, 4.69) is 30.7 Å². The van der Waals surface area contributed by atoms with E-state index in [4.69, 9.17) is 4.42 Å². The van der Waals surface area contributed by atoms with Gasteiger partial charge in [-0.15, -0.1) is 0 Å². The number of hydrogen-bond donors (Lipinski definition) is 1. The number of carboxylic acid groups (broad SMARTS) is 1. The smallest absolute Gasteiger partial charge is 0.308 e. The summed E-state index contributed by atoms with van der Waals surface area (Å²) in [4.78, 5) is 17.9. The molecule has 0 radical (unpaired) electrons. The first kappa shape index (κ1) is 15.0. The molecule has 20 heavy (non-hydrogen) atoms. The van der Waals surface area contributed by atoms with Crippen LogP contribution in [0.3, 0.4) is 0 Å². The minimum Gasteiger partial charge on any atom is -0.481 e. The van der Waals surface area contributed by atoms with E-state index in [1.807, 2.05) is 6.92 Å². The fraction of sp³-hybridized carbons (Fsp3) is 0.733. The molecule has 1 fully saturated rings. The number of nitrogens with zero attached hydrogens (tertiary/aromatic N) is 2. The summed E-state index contributed by atoms with van der Waals surface area (Å²) in [5.74, 6) is -0.321. The van der Waals surface area contributed by atoms with Crippen molar-refractivity contribution in [2.24, 2.45) is 5.92 Å². The minimum atomic E-state index is -0.704. The number of carbonyl (C=O) groups is 1. The summed E-state index contributed by atoms with van der Waals surface area (Å²) in [5, 5.41) is 9.24. The second kappa shape index (κ2) is 5.56. The summed E-state index contributed by atoms with van der Waals surface area (Å²) in [6, 6.07) is 0.0197. The summed E-state index contributed by atoms with van der Waals surface area (Å²) >= 11 is 0. The van der Waals surface area contributed by atoms with Gasteiger partial charge in [-0.05, 0) is 26.3 Å². The van der Waals surface area contributed by atoms with Crippen LogP contribution in [-0.4, -0.2) is 33.5 Å². The van der Waals surface area contributed by atoms with Gasteiger partial charge in [-0.1, -0.05) is 20.8 Å². The number of rotatable bonds is 3. The van der Waals surface area contributed by atoms with Crippen molar-refractivity contribution in [3.8, 4) is 0 Å². The molecule has 2 rings (SSSR count). The van der Waals surface area contributed by atoms with Gasteiger partial charge in [0.05, 0.1) is 18.2 Å². The minimum absolute atomic E-state index is 0.0197. The van der Waals surface area contributed by atoms with Crippen LogP contribution in [0, 0.1) is 5.92 Å². The van der Waals surface area contributed by atoms with Crippen molar-refractivity contribution in [2.45, 2.75) is 58.5 Å². The molecular weight excluding hydrogens is 256 g/mol. The summed E-state index contributed by atoms with van der Waals surface area (Å²) < 4.78 is 5.54. The van der Waals surface area contributed by atoms with Gasteiger partial charge in [-0.2, -0.15) is 0 Å². The predicted molar refractivity (Wildman–Crippen MR) is 75.4 cm³/mol. The molecule has 0 amide bonds. The third kappa shape index (κ3) is 3.20. The third-order valence-corrected chi connectivity index (χ3v) is 4.09. The molecule has 1 aliphatic rings. The Labute approximate surface area is 120 Å². The van der Waals surface area contributed by atoms with Crippen LogP contribution in [0.4, 0.5) is 0 Å². The van der Waals surface area contributed by atoms with E-state index in [1.54, 1.807) is 6.26 Å². The van der Waals surface area contributed by atoms with Crippen LogP contribution in [0.15, 0.2) is 10.7 Å². The molecule has 0 spiro atoms. The molecule has 0 unspecified atom stereocenters. The first-order valence-electron chi connectivity index (χ1n) is 7.21. The lowest BCUT2D eigenvalue weighted by molar-refractivity contribution is -0.145. The molecule has 1 N–H and O–H groups in total. The zero-order chi connectivity index (χ0) is 14.9. The topological polar surface area (TPSA) is 66.6 Å². The lowest BCUT2D eigenvalue weighted by atomic mass is 9.90. The van der Waals surface area contributed by atoms with Crippen LogP contribution < -0.4 is 0 Å². The number of piperidine rings is 1. The summed E-state index contributed by atoms with van der Waals surface area (Å²) in [7, 11) is 0. The van der Waals surface area contributed by atoms with Gasteiger partial charge in [0.2, 0.25) is 5.89 Å². The van der Waals surface area contributed by atoms with E-state index in [0.717, 1.165) is 25.1 Å². The standard InChI is InChI=1S/C15H24N2O3/c1-10-11(14(18)19)6-5-7-17(10)8-13-16-12(9-20-13)15(2,3)4/h9-11H,5-8H2,1-4H3,(H,18,19)/t10-,11-/m1/s1. The van der Waals surface area contributed by atoms with Gasteiger partial charge < -0.3 is 9.52 Å². The molecule has 5 heteroatoms. The van der Waals surface area contributed by atoms with Gasteiger partial charge in [0, 0.05) is 11.5 Å². The van der Waals surface area contributed by atoms with Gasteiger partial charge in [0.15, 0.2) is 0 Å². The molecule has 2 atom stereocenters. The number of hydrogen-bond acceptors (Lipinski definition) is 4. The first-order chi connectivity index (χ1) is 9.29. The quantitative estimate of drug-likeness (QED) is 0.922. The van der Waals surface area contributed by atoms with Crippen molar-refractivity contribution in [3.63, 3.8) is 0 Å². The maximum atomic E-state index is 11.2. The fourth-order valence-corrected chi connectivity index (χ4v) is 2.67. The highest BCUT2D eigenvalue weighted by molar-refractivity contribution is 5.70. The van der Waals surface area contributed by atoms with Crippen LogP contribution in [0.2, 0.25) is 0 Å². The van der Waals surface area contributed by atoms with Crippen LogP contribution in [0.5, 0.6) is 0 Å². The molecule has 1 saturated heterocycles. The van der Waals surface area contributed by atoms with Gasteiger partial charge in [-0.3, -0.25) is 9.69 Å². The Kier molecular flexibility index (Phi) is 4.18. The second-order valence-electron chi connectivity index (χ2n) is 6.67. The fourth-order valence-electron chi connectivity index (χ4n) is 2.67. The molecular formula is C15H24N2O3. The Morgan fingerprint density at radius 2 is 2.25 bits per heavy atom. The van der Waals surface area contributed by atoms with Gasteiger partial charge in [-0.25, -0.2) is 4.98 Å². The molecule has 1 aromatic heterocycles. The monoisotopic (exact) mass is 280 g/mol. The van der Waals surface area contributed by atoms with E-state index in [0.29, 0.717) is 12.4 Å². The van der Waals surface area contributed by atoms with E-state index >= 15 is 0 Å². The highest BCUT2D eigenvalue weighted by atomic mass is 16.4. The molecule has 1 aliphatic heterocycles. The second-order valence-corrected chi connectivity index (χ2v) is 6.67. The van der Waals surface area contributed by atoms with E-state index in [1.165, 1.54) is 0 Å². The highest BCUT2D eigenvalue weighted by Gasteiger charge is 2.33. The largest absolute Gasteiger partial charge is 0.481 e.